The topological polar surface area (TPSA) is 75.7 Å². The molecule has 1 atom stereocenters. The van der Waals surface area contributed by atoms with E-state index in [0.29, 0.717) is 42.4 Å². The molecule has 0 radical (unpaired) electrons. The second kappa shape index (κ2) is 7.78. The van der Waals surface area contributed by atoms with E-state index in [0.717, 1.165) is 24.8 Å². The van der Waals surface area contributed by atoms with Gasteiger partial charge >= 0.3 is 5.97 Å². The van der Waals surface area contributed by atoms with E-state index in [1.807, 2.05) is 0 Å². The van der Waals surface area contributed by atoms with Gasteiger partial charge in [-0.25, -0.2) is 4.79 Å². The molecule has 3 rings (SSSR count). The fourth-order valence-corrected chi connectivity index (χ4v) is 5.23. The number of piperidine rings is 1. The van der Waals surface area contributed by atoms with Gasteiger partial charge in [0.1, 0.15) is 5.00 Å². The maximum absolute atomic E-state index is 12.7. The van der Waals surface area contributed by atoms with Crippen molar-refractivity contribution in [3.8, 4) is 0 Å². The highest BCUT2D eigenvalue weighted by Gasteiger charge is 2.31. The van der Waals surface area contributed by atoms with Gasteiger partial charge in [0.05, 0.1) is 12.7 Å². The molecular formula is C19H26N2O4S. The van der Waals surface area contributed by atoms with E-state index in [1.165, 1.54) is 23.3 Å². The number of rotatable bonds is 3. The minimum atomic E-state index is -0.376. The van der Waals surface area contributed by atoms with Crippen LogP contribution >= 0.6 is 11.3 Å². The van der Waals surface area contributed by atoms with Crippen molar-refractivity contribution >= 4 is 34.1 Å². The summed E-state index contributed by atoms with van der Waals surface area (Å²) in [6.07, 6.45) is 4.15. The lowest BCUT2D eigenvalue weighted by Gasteiger charge is -2.30. The Labute approximate surface area is 157 Å². The summed E-state index contributed by atoms with van der Waals surface area (Å²) in [4.78, 5) is 39.4. The van der Waals surface area contributed by atoms with Crippen LogP contribution in [0.5, 0.6) is 0 Å². The summed E-state index contributed by atoms with van der Waals surface area (Å²) in [5.41, 5.74) is 1.58. The molecule has 0 bridgehead atoms. The fraction of sp³-hybridized carbons (Fsp3) is 0.632. The molecule has 7 heteroatoms. The molecule has 26 heavy (non-hydrogen) atoms. The van der Waals surface area contributed by atoms with E-state index in [1.54, 1.807) is 11.8 Å². The molecule has 0 unspecified atom stereocenters. The van der Waals surface area contributed by atoms with Crippen LogP contribution in [0, 0.1) is 11.8 Å². The zero-order valence-electron chi connectivity index (χ0n) is 15.6. The van der Waals surface area contributed by atoms with Gasteiger partial charge < -0.3 is 15.0 Å². The first-order chi connectivity index (χ1) is 12.4. The third-order valence-corrected chi connectivity index (χ3v) is 6.62. The van der Waals surface area contributed by atoms with E-state index in [-0.39, 0.29) is 23.7 Å². The first-order valence-corrected chi connectivity index (χ1v) is 10.0. The Hall–Kier alpha value is -1.89. The highest BCUT2D eigenvalue weighted by Crippen LogP contribution is 2.40. The second-order valence-electron chi connectivity index (χ2n) is 7.32. The number of anilines is 1. The van der Waals surface area contributed by atoms with Crippen LogP contribution in [0.25, 0.3) is 0 Å². The predicted octanol–water partition coefficient (Wildman–Crippen LogP) is 2.86. The van der Waals surface area contributed by atoms with Crippen molar-refractivity contribution in [1.82, 2.24) is 4.90 Å². The van der Waals surface area contributed by atoms with Crippen molar-refractivity contribution in [1.29, 1.82) is 0 Å². The second-order valence-corrected chi connectivity index (χ2v) is 8.42. The number of methoxy groups -OCH3 is 1. The van der Waals surface area contributed by atoms with E-state index in [9.17, 15) is 14.4 Å². The summed E-state index contributed by atoms with van der Waals surface area (Å²) in [7, 11) is 1.38. The molecule has 1 aromatic rings. The Morgan fingerprint density at radius 2 is 1.88 bits per heavy atom. The first kappa shape index (κ1) is 18.9. The number of likely N-dealkylation sites (tertiary alicyclic amines) is 1. The van der Waals surface area contributed by atoms with E-state index >= 15 is 0 Å². The maximum atomic E-state index is 12.7. The molecule has 2 aliphatic rings. The van der Waals surface area contributed by atoms with Crippen LogP contribution in [0.15, 0.2) is 0 Å². The maximum Gasteiger partial charge on any atom is 0.341 e. The van der Waals surface area contributed by atoms with Gasteiger partial charge in [0.2, 0.25) is 11.8 Å². The van der Waals surface area contributed by atoms with Crippen molar-refractivity contribution in [2.75, 3.05) is 25.5 Å². The van der Waals surface area contributed by atoms with Gasteiger partial charge in [-0.3, -0.25) is 9.59 Å². The number of fused-ring (bicyclic) bond motifs is 1. The molecule has 1 aliphatic heterocycles. The normalized spacial score (nSPS) is 20.4. The number of hydrogen-bond donors (Lipinski definition) is 1. The third kappa shape index (κ3) is 3.77. The summed E-state index contributed by atoms with van der Waals surface area (Å²) in [6, 6.07) is 0. The Balaban J connectivity index is 1.76. The minimum absolute atomic E-state index is 0.0527. The number of nitrogens with zero attached hydrogens (tertiary/aromatic N) is 1. The highest BCUT2D eigenvalue weighted by atomic mass is 32.1. The molecule has 6 nitrogen and oxygen atoms in total. The van der Waals surface area contributed by atoms with Gasteiger partial charge in [-0.1, -0.05) is 6.92 Å². The average Bonchev–Trinajstić information content (AvgIpc) is 2.97. The molecule has 0 spiro atoms. The molecule has 0 aromatic carbocycles. The molecule has 1 fully saturated rings. The lowest BCUT2D eigenvalue weighted by atomic mass is 9.88. The third-order valence-electron chi connectivity index (χ3n) is 5.45. The summed E-state index contributed by atoms with van der Waals surface area (Å²) < 4.78 is 4.97. The van der Waals surface area contributed by atoms with Gasteiger partial charge in [-0.2, -0.15) is 0 Å². The van der Waals surface area contributed by atoms with Crippen molar-refractivity contribution in [3.05, 3.63) is 16.0 Å². The molecule has 2 amide bonds. The smallest absolute Gasteiger partial charge is 0.341 e. The Morgan fingerprint density at radius 1 is 1.19 bits per heavy atom. The summed E-state index contributed by atoms with van der Waals surface area (Å²) in [5, 5.41) is 3.61. The van der Waals surface area contributed by atoms with E-state index < -0.39 is 0 Å². The van der Waals surface area contributed by atoms with Crippen LogP contribution in [0.1, 0.15) is 53.9 Å². The number of carbonyl (C=O) groups excluding carboxylic acids is 3. The molecule has 2 heterocycles. The molecule has 142 valence electrons. The zero-order chi connectivity index (χ0) is 18.8. The molecule has 1 aromatic heterocycles. The number of ether oxygens (including phenoxy) is 1. The summed E-state index contributed by atoms with van der Waals surface area (Å²) in [6.45, 7) is 4.98. The van der Waals surface area contributed by atoms with Crippen molar-refractivity contribution < 1.29 is 19.1 Å². The standard InChI is InChI=1S/C19H26N2O4S/c1-11-4-5-14-15(10-11)26-18(16(14)19(24)25-3)20-17(23)13-6-8-21(9-7-13)12(2)22/h11,13H,4-10H2,1-3H3,(H,20,23)/t11-/m0/s1. The molecule has 1 aliphatic carbocycles. The van der Waals surface area contributed by atoms with Crippen LogP contribution < -0.4 is 5.32 Å². The number of hydrogen-bond acceptors (Lipinski definition) is 5. The van der Waals surface area contributed by atoms with Crippen molar-refractivity contribution in [2.45, 2.75) is 46.0 Å². The number of nitrogens with one attached hydrogen (secondary N) is 1. The lowest BCUT2D eigenvalue weighted by Crippen LogP contribution is -2.40. The van der Waals surface area contributed by atoms with Gasteiger partial charge in [0, 0.05) is 30.8 Å². The zero-order valence-corrected chi connectivity index (χ0v) is 16.4. The van der Waals surface area contributed by atoms with Crippen LogP contribution in [-0.2, 0) is 27.2 Å². The van der Waals surface area contributed by atoms with Crippen LogP contribution in [0.3, 0.4) is 0 Å². The molecule has 0 saturated carbocycles. The van der Waals surface area contributed by atoms with Gasteiger partial charge in [0.15, 0.2) is 0 Å². The lowest BCUT2D eigenvalue weighted by molar-refractivity contribution is -0.132. The SMILES string of the molecule is COC(=O)c1c(NC(=O)C2CCN(C(C)=O)CC2)sc2c1CC[C@H](C)C2. The Morgan fingerprint density at radius 3 is 2.50 bits per heavy atom. The van der Waals surface area contributed by atoms with Crippen LogP contribution in [-0.4, -0.2) is 42.9 Å². The number of amides is 2. The number of esters is 1. The Kier molecular flexibility index (Phi) is 5.65. The monoisotopic (exact) mass is 378 g/mol. The van der Waals surface area contributed by atoms with E-state index in [4.69, 9.17) is 4.74 Å². The molecule has 1 N–H and O–H groups in total. The van der Waals surface area contributed by atoms with Gasteiger partial charge in [-0.15, -0.1) is 11.3 Å². The molecular weight excluding hydrogens is 352 g/mol. The van der Waals surface area contributed by atoms with E-state index in [2.05, 4.69) is 12.2 Å². The first-order valence-electron chi connectivity index (χ1n) is 9.20. The van der Waals surface area contributed by atoms with Crippen LogP contribution in [0.4, 0.5) is 5.00 Å². The predicted molar refractivity (Wildman–Crippen MR) is 100 cm³/mol. The molecule has 1 saturated heterocycles. The number of thiophene rings is 1. The average molecular weight is 378 g/mol. The van der Waals surface area contributed by atoms with Gasteiger partial charge in [-0.05, 0) is 43.6 Å². The fourth-order valence-electron chi connectivity index (χ4n) is 3.83. The van der Waals surface area contributed by atoms with Gasteiger partial charge in [0.25, 0.3) is 0 Å². The van der Waals surface area contributed by atoms with Crippen LogP contribution in [0.2, 0.25) is 0 Å². The summed E-state index contributed by atoms with van der Waals surface area (Å²) >= 11 is 1.51. The highest BCUT2D eigenvalue weighted by molar-refractivity contribution is 7.17. The van der Waals surface area contributed by atoms with Crippen molar-refractivity contribution in [2.24, 2.45) is 11.8 Å². The summed E-state index contributed by atoms with van der Waals surface area (Å²) in [5.74, 6) is 0.0703. The van der Waals surface area contributed by atoms with Crippen molar-refractivity contribution in [3.63, 3.8) is 0 Å². The Bertz CT molecular complexity index is 719. The largest absolute Gasteiger partial charge is 0.465 e. The quantitative estimate of drug-likeness (QED) is 0.821. The number of carbonyl (C=O) groups is 3. The minimum Gasteiger partial charge on any atom is -0.465 e.